The summed E-state index contributed by atoms with van der Waals surface area (Å²) in [5.74, 6) is 0. The molecule has 0 amide bonds. The van der Waals surface area contributed by atoms with Gasteiger partial charge in [-0.05, 0) is 38.5 Å². The summed E-state index contributed by atoms with van der Waals surface area (Å²) in [4.78, 5) is 0. The molecule has 360 valence electrons. The second-order valence-corrected chi connectivity index (χ2v) is 19.1. The second-order valence-electron chi connectivity index (χ2n) is 19.1. The summed E-state index contributed by atoms with van der Waals surface area (Å²) in [7, 11) is 0. The van der Waals surface area contributed by atoms with E-state index in [1.165, 1.54) is 327 Å². The summed E-state index contributed by atoms with van der Waals surface area (Å²) < 4.78 is 0. The van der Waals surface area contributed by atoms with E-state index >= 15 is 0 Å². The van der Waals surface area contributed by atoms with Crippen LogP contribution in [0.4, 0.5) is 0 Å². The molecule has 0 radical (unpaired) electrons. The van der Waals surface area contributed by atoms with E-state index in [-0.39, 0.29) is 0 Å². The van der Waals surface area contributed by atoms with Crippen LogP contribution in [0, 0.1) is 0 Å². The Morgan fingerprint density at radius 1 is 0.167 bits per heavy atom. The Labute approximate surface area is 384 Å². The van der Waals surface area contributed by atoms with E-state index in [1.54, 1.807) is 0 Å². The van der Waals surface area contributed by atoms with Gasteiger partial charge in [0, 0.05) is 0 Å². The van der Waals surface area contributed by atoms with Gasteiger partial charge in [0.25, 0.3) is 0 Å². The van der Waals surface area contributed by atoms with Gasteiger partial charge in [0.15, 0.2) is 0 Å². The van der Waals surface area contributed by atoms with Gasteiger partial charge in [0.2, 0.25) is 0 Å². The fraction of sp³-hybridized carbons (Fsp3) is 0.900. The van der Waals surface area contributed by atoms with Crippen molar-refractivity contribution in [3.05, 3.63) is 38.0 Å². The predicted octanol–water partition coefficient (Wildman–Crippen LogP) is 23.5. The van der Waals surface area contributed by atoms with Gasteiger partial charge >= 0.3 is 0 Å². The van der Waals surface area contributed by atoms with Crippen molar-refractivity contribution in [1.29, 1.82) is 0 Å². The van der Waals surface area contributed by atoms with Gasteiger partial charge in [-0.15, -0.1) is 19.7 Å². The molecule has 0 unspecified atom stereocenters. The van der Waals surface area contributed by atoms with Crippen molar-refractivity contribution < 1.29 is 0 Å². The molecule has 0 saturated heterocycles. The van der Waals surface area contributed by atoms with E-state index in [9.17, 15) is 0 Å². The number of rotatable bonds is 51. The molecule has 0 heterocycles. The molecule has 60 heavy (non-hydrogen) atoms. The summed E-state index contributed by atoms with van der Waals surface area (Å²) in [6.07, 6.45) is 79.3. The fourth-order valence-corrected chi connectivity index (χ4v) is 8.51. The third-order valence-corrected chi connectivity index (χ3v) is 12.8. The molecule has 0 N–H and O–H groups in total. The zero-order valence-corrected chi connectivity index (χ0v) is 42.9. The Bertz CT molecular complexity index is 703. The Morgan fingerprint density at radius 2 is 0.267 bits per heavy atom. The lowest BCUT2D eigenvalue weighted by Crippen LogP contribution is -1.84. The lowest BCUT2D eigenvalue weighted by atomic mass is 10.0. The van der Waals surface area contributed by atoms with Crippen molar-refractivity contribution in [2.45, 2.75) is 348 Å². The van der Waals surface area contributed by atoms with E-state index in [0.29, 0.717) is 0 Å². The SMILES string of the molecule is C=CCCCCCCCCCCCCCCCC.C=CCCCCCCCCCCCCCCCCCC.C=CCCCCCCCCCCCCCCCCCCCC. The first-order valence-electron chi connectivity index (χ1n) is 28.6. The maximum atomic E-state index is 3.77. The quantitative estimate of drug-likeness (QED) is 0.0423. The lowest BCUT2D eigenvalue weighted by Gasteiger charge is -2.03. The number of allylic oxidation sites excluding steroid dienone is 3. The largest absolute Gasteiger partial charge is 0.103 e. The predicted molar refractivity (Wildman–Crippen MR) is 283 cm³/mol. The maximum Gasteiger partial charge on any atom is -0.0353 e. The van der Waals surface area contributed by atoms with E-state index in [4.69, 9.17) is 0 Å². The van der Waals surface area contributed by atoms with Crippen LogP contribution in [0.25, 0.3) is 0 Å². The van der Waals surface area contributed by atoms with Gasteiger partial charge in [-0.25, -0.2) is 0 Å². The Balaban J connectivity index is -0.000000816. The molecule has 0 aromatic rings. The van der Waals surface area contributed by atoms with Crippen LogP contribution in [-0.2, 0) is 0 Å². The summed E-state index contributed by atoms with van der Waals surface area (Å²) in [5.41, 5.74) is 0. The van der Waals surface area contributed by atoms with Crippen molar-refractivity contribution >= 4 is 0 Å². The van der Waals surface area contributed by atoms with Crippen LogP contribution < -0.4 is 0 Å². The zero-order valence-electron chi connectivity index (χ0n) is 42.9. The van der Waals surface area contributed by atoms with Crippen LogP contribution in [-0.4, -0.2) is 0 Å². The summed E-state index contributed by atoms with van der Waals surface area (Å²) in [6, 6.07) is 0. The Hall–Kier alpha value is -0.780. The van der Waals surface area contributed by atoms with Gasteiger partial charge in [0.1, 0.15) is 0 Å². The van der Waals surface area contributed by atoms with Crippen LogP contribution in [0.15, 0.2) is 38.0 Å². The van der Waals surface area contributed by atoms with E-state index < -0.39 is 0 Å². The summed E-state index contributed by atoms with van der Waals surface area (Å²) in [5, 5.41) is 0. The van der Waals surface area contributed by atoms with Crippen molar-refractivity contribution in [2.24, 2.45) is 0 Å². The minimum atomic E-state index is 1.21. The molecule has 0 atom stereocenters. The molecule has 0 heteroatoms. The number of unbranched alkanes of at least 4 members (excludes halogenated alkanes) is 48. The van der Waals surface area contributed by atoms with Crippen molar-refractivity contribution in [2.75, 3.05) is 0 Å². The molecule has 0 spiro atoms. The van der Waals surface area contributed by atoms with Gasteiger partial charge in [-0.1, -0.05) is 328 Å². The smallest absolute Gasteiger partial charge is 0.0353 e. The highest BCUT2D eigenvalue weighted by Crippen LogP contribution is 2.17. The lowest BCUT2D eigenvalue weighted by molar-refractivity contribution is 0.525. The van der Waals surface area contributed by atoms with Crippen molar-refractivity contribution in [3.8, 4) is 0 Å². The first kappa shape index (κ1) is 63.5. The third-order valence-electron chi connectivity index (χ3n) is 12.8. The number of hydrogen-bond acceptors (Lipinski definition) is 0. The highest BCUT2D eigenvalue weighted by molar-refractivity contribution is 4.66. The standard InChI is InChI=1S/C22H44.C20H40.C18H36/c1-3-5-7-9-11-13-15-17-19-21-22-20-18-16-14-12-10-8-6-4-2;1-3-5-7-9-11-13-15-17-19-20-18-16-14-12-10-8-6-4-2;1-3-5-7-9-11-13-15-17-18-16-14-12-10-8-6-4-2/h3H,1,4-22H2,2H3;3H,1,4-20H2,2H3;3H,1,4-18H2,2H3. The van der Waals surface area contributed by atoms with Crippen molar-refractivity contribution in [3.63, 3.8) is 0 Å². The van der Waals surface area contributed by atoms with Crippen LogP contribution in [0.3, 0.4) is 0 Å². The molecule has 0 fully saturated rings. The van der Waals surface area contributed by atoms with Gasteiger partial charge in [0.05, 0.1) is 0 Å². The van der Waals surface area contributed by atoms with Gasteiger partial charge < -0.3 is 0 Å². The van der Waals surface area contributed by atoms with Gasteiger partial charge in [-0.3, -0.25) is 0 Å². The van der Waals surface area contributed by atoms with Crippen molar-refractivity contribution in [1.82, 2.24) is 0 Å². The highest BCUT2D eigenvalue weighted by Gasteiger charge is 1.97. The van der Waals surface area contributed by atoms with Crippen LogP contribution in [0.5, 0.6) is 0 Å². The number of hydrogen-bond donors (Lipinski definition) is 0. The van der Waals surface area contributed by atoms with Gasteiger partial charge in [-0.2, -0.15) is 0 Å². The Kier molecular flexibility index (Phi) is 71.2. The molecule has 0 aliphatic heterocycles. The van der Waals surface area contributed by atoms with Crippen LogP contribution in [0.1, 0.15) is 348 Å². The average molecular weight is 842 g/mol. The monoisotopic (exact) mass is 841 g/mol. The molecular weight excluding hydrogens is 721 g/mol. The van der Waals surface area contributed by atoms with E-state index in [0.717, 1.165) is 0 Å². The van der Waals surface area contributed by atoms with Crippen LogP contribution in [0.2, 0.25) is 0 Å². The molecular formula is C60H120. The zero-order chi connectivity index (χ0) is 44.2. The first-order valence-corrected chi connectivity index (χ1v) is 28.6. The van der Waals surface area contributed by atoms with E-state index in [2.05, 4.69) is 40.5 Å². The summed E-state index contributed by atoms with van der Waals surface area (Å²) in [6.45, 7) is 18.2. The minimum Gasteiger partial charge on any atom is -0.103 e. The average Bonchev–Trinajstić information content (AvgIpc) is 3.26. The van der Waals surface area contributed by atoms with E-state index in [1.807, 2.05) is 18.2 Å². The molecule has 0 aliphatic rings. The second kappa shape index (κ2) is 67.3. The molecule has 0 aromatic heterocycles. The molecule has 0 nitrogen and oxygen atoms in total. The molecule has 0 aliphatic carbocycles. The third kappa shape index (κ3) is 71.7. The molecule has 0 bridgehead atoms. The normalized spacial score (nSPS) is 10.8. The maximum absolute atomic E-state index is 3.77. The van der Waals surface area contributed by atoms with Crippen LogP contribution >= 0.6 is 0 Å². The fourth-order valence-electron chi connectivity index (χ4n) is 8.51. The summed E-state index contributed by atoms with van der Waals surface area (Å²) >= 11 is 0. The topological polar surface area (TPSA) is 0 Å². The molecule has 0 rings (SSSR count). The Morgan fingerprint density at radius 3 is 0.367 bits per heavy atom. The first-order chi connectivity index (χ1) is 29.7. The molecule has 0 aromatic carbocycles. The minimum absolute atomic E-state index is 1.21. The molecule has 0 saturated carbocycles. The highest BCUT2D eigenvalue weighted by atomic mass is 14.0.